The second kappa shape index (κ2) is 11.9. The Kier molecular flexibility index (Phi) is 7.91. The minimum atomic E-state index is -0.501. The first-order valence-corrected chi connectivity index (χ1v) is 13.5. The number of pyridine rings is 1. The molecule has 2 aromatic carbocycles. The fourth-order valence-electron chi connectivity index (χ4n) is 4.55. The normalized spacial score (nSPS) is 14.8. The average molecular weight is 539 g/mol. The Morgan fingerprint density at radius 2 is 1.97 bits per heavy atom. The minimum absolute atomic E-state index is 0.00214. The maximum absolute atomic E-state index is 13.0. The van der Waals surface area contributed by atoms with Crippen LogP contribution in [0.3, 0.4) is 0 Å². The van der Waals surface area contributed by atoms with Crippen LogP contribution in [0.15, 0.2) is 66.2 Å². The molecular formula is C29H26N6O3S. The third-order valence-electron chi connectivity index (χ3n) is 6.53. The van der Waals surface area contributed by atoms with Gasteiger partial charge in [0.2, 0.25) is 0 Å². The number of phenolic OH excluding ortho intramolecular Hbond substituents is 1. The van der Waals surface area contributed by atoms with E-state index in [1.54, 1.807) is 53.9 Å². The van der Waals surface area contributed by atoms with E-state index in [2.05, 4.69) is 32.0 Å². The molecule has 1 aliphatic heterocycles. The monoisotopic (exact) mass is 538 g/mol. The van der Waals surface area contributed by atoms with E-state index in [0.29, 0.717) is 34.5 Å². The van der Waals surface area contributed by atoms with Crippen LogP contribution in [0.25, 0.3) is 22.4 Å². The molecule has 9 nitrogen and oxygen atoms in total. The lowest BCUT2D eigenvalue weighted by Gasteiger charge is -2.23. The zero-order valence-electron chi connectivity index (χ0n) is 21.0. The van der Waals surface area contributed by atoms with E-state index >= 15 is 0 Å². The Bertz CT molecular complexity index is 1540. The van der Waals surface area contributed by atoms with Gasteiger partial charge in [-0.3, -0.25) is 9.59 Å². The van der Waals surface area contributed by atoms with E-state index in [-0.39, 0.29) is 34.1 Å². The number of hydrogen-bond donors (Lipinski definition) is 4. The Balaban J connectivity index is 1.53. The number of amides is 2. The fraction of sp³-hybridized carbons (Fsp3) is 0.207. The van der Waals surface area contributed by atoms with Crippen LogP contribution >= 0.6 is 11.3 Å². The molecule has 3 heterocycles. The fourth-order valence-corrected chi connectivity index (χ4v) is 5.08. The zero-order chi connectivity index (χ0) is 27.2. The van der Waals surface area contributed by atoms with E-state index in [4.69, 9.17) is 0 Å². The van der Waals surface area contributed by atoms with Gasteiger partial charge in [0.05, 0.1) is 5.69 Å². The van der Waals surface area contributed by atoms with Crippen LogP contribution in [0.4, 0.5) is 5.82 Å². The van der Waals surface area contributed by atoms with Gasteiger partial charge in [-0.2, -0.15) is 5.26 Å². The highest BCUT2D eigenvalue weighted by molar-refractivity contribution is 7.11. The Morgan fingerprint density at radius 1 is 1.10 bits per heavy atom. The summed E-state index contributed by atoms with van der Waals surface area (Å²) in [6.07, 6.45) is 4.83. The molecule has 4 aromatic rings. The second-order valence-corrected chi connectivity index (χ2v) is 10.0. The van der Waals surface area contributed by atoms with Gasteiger partial charge in [-0.1, -0.05) is 30.7 Å². The molecule has 0 spiro atoms. The molecule has 1 fully saturated rings. The molecular weight excluding hydrogens is 512 g/mol. The molecule has 0 bridgehead atoms. The summed E-state index contributed by atoms with van der Waals surface area (Å²) in [6, 6.07) is 17.7. The molecule has 1 saturated heterocycles. The van der Waals surface area contributed by atoms with E-state index in [1.807, 2.05) is 0 Å². The van der Waals surface area contributed by atoms with Crippen molar-refractivity contribution in [2.45, 2.75) is 25.3 Å². The smallest absolute Gasteiger partial charge is 0.285 e. The van der Waals surface area contributed by atoms with E-state index in [9.17, 15) is 20.0 Å². The van der Waals surface area contributed by atoms with Crippen molar-refractivity contribution < 1.29 is 14.7 Å². The lowest BCUT2D eigenvalue weighted by Crippen LogP contribution is -2.43. The number of piperidine rings is 1. The summed E-state index contributed by atoms with van der Waals surface area (Å²) in [5.41, 5.74) is 2.42. The van der Waals surface area contributed by atoms with E-state index < -0.39 is 5.91 Å². The predicted molar refractivity (Wildman–Crippen MR) is 150 cm³/mol. The Hall–Kier alpha value is -4.59. The van der Waals surface area contributed by atoms with Gasteiger partial charge in [-0.05, 0) is 55.3 Å². The van der Waals surface area contributed by atoms with Crippen LogP contribution in [0.2, 0.25) is 0 Å². The SMILES string of the molecule is N#Cc1c(-c2cccc(C(=O)NCC3CCCCN3)c2)cc(-c2ccccc2O)nc1NC(=O)c1nccs1. The molecule has 2 amide bonds. The summed E-state index contributed by atoms with van der Waals surface area (Å²) < 4.78 is 0. The van der Waals surface area contributed by atoms with Crippen molar-refractivity contribution >= 4 is 29.0 Å². The summed E-state index contributed by atoms with van der Waals surface area (Å²) in [6.45, 7) is 1.49. The molecule has 5 rings (SSSR count). The van der Waals surface area contributed by atoms with E-state index in [1.165, 1.54) is 12.3 Å². The third-order valence-corrected chi connectivity index (χ3v) is 7.30. The van der Waals surface area contributed by atoms with Crippen molar-refractivity contribution in [1.29, 1.82) is 5.26 Å². The number of hydrogen-bond acceptors (Lipinski definition) is 8. The first-order valence-electron chi connectivity index (χ1n) is 12.6. The topological polar surface area (TPSA) is 140 Å². The number of anilines is 1. The molecule has 39 heavy (non-hydrogen) atoms. The maximum Gasteiger partial charge on any atom is 0.285 e. The highest BCUT2D eigenvalue weighted by atomic mass is 32.1. The van der Waals surface area contributed by atoms with Crippen LogP contribution in [0.5, 0.6) is 5.75 Å². The quantitative estimate of drug-likeness (QED) is 0.270. The van der Waals surface area contributed by atoms with Gasteiger partial charge >= 0.3 is 0 Å². The molecule has 0 aliphatic carbocycles. The number of aromatic nitrogens is 2. The highest BCUT2D eigenvalue weighted by Gasteiger charge is 2.21. The second-order valence-electron chi connectivity index (χ2n) is 9.14. The van der Waals surface area contributed by atoms with Gasteiger partial charge in [0, 0.05) is 40.9 Å². The predicted octanol–water partition coefficient (Wildman–Crippen LogP) is 4.57. The number of thiazole rings is 1. The van der Waals surface area contributed by atoms with E-state index in [0.717, 1.165) is 37.1 Å². The zero-order valence-corrected chi connectivity index (χ0v) is 21.8. The molecule has 1 aliphatic rings. The first-order chi connectivity index (χ1) is 19.0. The van der Waals surface area contributed by atoms with Gasteiger partial charge in [-0.25, -0.2) is 9.97 Å². The highest BCUT2D eigenvalue weighted by Crippen LogP contribution is 2.35. The standard InChI is InChI=1S/C29H26N6O3S/c30-16-23-22(18-6-5-7-19(14-18)27(37)33-17-20-8-3-4-11-31-20)15-24(21-9-1-2-10-25(21)36)34-26(23)35-28(38)29-32-12-13-39-29/h1-2,5-7,9-10,12-15,20,31,36H,3-4,8,11,17H2,(H,33,37)(H,34,35,38). The summed E-state index contributed by atoms with van der Waals surface area (Å²) >= 11 is 1.16. The lowest BCUT2D eigenvalue weighted by atomic mass is 9.96. The first kappa shape index (κ1) is 26.0. The largest absolute Gasteiger partial charge is 0.507 e. The summed E-state index contributed by atoms with van der Waals surface area (Å²) in [4.78, 5) is 34.4. The van der Waals surface area contributed by atoms with Crippen molar-refractivity contribution in [2.75, 3.05) is 18.4 Å². The van der Waals surface area contributed by atoms with Crippen molar-refractivity contribution in [1.82, 2.24) is 20.6 Å². The molecule has 4 N–H and O–H groups in total. The average Bonchev–Trinajstić information content (AvgIpc) is 3.52. The number of carbonyl (C=O) groups excluding carboxylic acids is 2. The Morgan fingerprint density at radius 3 is 2.72 bits per heavy atom. The van der Waals surface area contributed by atoms with Crippen molar-refractivity contribution in [2.24, 2.45) is 0 Å². The van der Waals surface area contributed by atoms with Crippen molar-refractivity contribution in [3.63, 3.8) is 0 Å². The molecule has 0 radical (unpaired) electrons. The summed E-state index contributed by atoms with van der Waals surface area (Å²) in [5.74, 6) is -0.678. The summed E-state index contributed by atoms with van der Waals surface area (Å²) in [5, 5.41) is 31.7. The number of carbonyl (C=O) groups is 2. The molecule has 1 atom stereocenters. The van der Waals surface area contributed by atoms with Crippen LogP contribution in [-0.2, 0) is 0 Å². The number of para-hydroxylation sites is 1. The number of benzene rings is 2. The molecule has 10 heteroatoms. The lowest BCUT2D eigenvalue weighted by molar-refractivity contribution is 0.0947. The van der Waals surface area contributed by atoms with Crippen LogP contribution in [0.1, 0.15) is 45.0 Å². The number of rotatable bonds is 7. The van der Waals surface area contributed by atoms with Gasteiger partial charge < -0.3 is 21.1 Å². The number of aromatic hydroxyl groups is 1. The van der Waals surface area contributed by atoms with Crippen molar-refractivity contribution in [3.8, 4) is 34.2 Å². The van der Waals surface area contributed by atoms with Gasteiger partial charge in [-0.15, -0.1) is 11.3 Å². The number of nitrogens with one attached hydrogen (secondary N) is 3. The third kappa shape index (κ3) is 5.95. The molecule has 0 saturated carbocycles. The Labute approximate surface area is 229 Å². The van der Waals surface area contributed by atoms with Crippen molar-refractivity contribution in [3.05, 3.63) is 82.3 Å². The van der Waals surface area contributed by atoms with Crippen LogP contribution < -0.4 is 16.0 Å². The van der Waals surface area contributed by atoms with Crippen LogP contribution in [0, 0.1) is 11.3 Å². The minimum Gasteiger partial charge on any atom is -0.507 e. The molecule has 1 unspecified atom stereocenters. The van der Waals surface area contributed by atoms with Gasteiger partial charge in [0.1, 0.15) is 17.4 Å². The summed E-state index contributed by atoms with van der Waals surface area (Å²) in [7, 11) is 0. The van der Waals surface area contributed by atoms with Gasteiger partial charge in [0.15, 0.2) is 10.8 Å². The van der Waals surface area contributed by atoms with Crippen LogP contribution in [-0.4, -0.2) is 46.0 Å². The maximum atomic E-state index is 13.0. The number of phenols is 1. The number of nitrogens with zero attached hydrogens (tertiary/aromatic N) is 3. The molecule has 2 aromatic heterocycles. The van der Waals surface area contributed by atoms with Gasteiger partial charge in [0.25, 0.3) is 11.8 Å². The molecule has 196 valence electrons. The number of nitriles is 1.